The highest BCUT2D eigenvalue weighted by atomic mass is 16.3. The van der Waals surface area contributed by atoms with Gasteiger partial charge in [-0.2, -0.15) is 0 Å². The van der Waals surface area contributed by atoms with Crippen LogP contribution in [-0.4, -0.2) is 28.6 Å². The van der Waals surface area contributed by atoms with Gasteiger partial charge in [-0.15, -0.1) is 0 Å². The second kappa shape index (κ2) is 7.18. The minimum absolute atomic E-state index is 0.226. The SMILES string of the molecule is C[C@]1(Cc2ccc(O)cc2)CCCCN1CCc1ccccc1. The van der Waals surface area contributed by atoms with Gasteiger partial charge >= 0.3 is 0 Å². The van der Waals surface area contributed by atoms with Crippen molar-refractivity contribution in [2.24, 2.45) is 0 Å². The molecule has 0 aromatic heterocycles. The Balaban J connectivity index is 1.68. The van der Waals surface area contributed by atoms with Gasteiger partial charge < -0.3 is 5.11 Å². The summed E-state index contributed by atoms with van der Waals surface area (Å²) < 4.78 is 0. The predicted molar refractivity (Wildman–Crippen MR) is 95.8 cm³/mol. The highest BCUT2D eigenvalue weighted by Crippen LogP contribution is 2.31. The van der Waals surface area contributed by atoms with Crippen LogP contribution in [0.5, 0.6) is 5.75 Å². The van der Waals surface area contributed by atoms with Crippen molar-refractivity contribution < 1.29 is 5.11 Å². The van der Waals surface area contributed by atoms with Crippen LogP contribution in [0.4, 0.5) is 0 Å². The molecule has 0 unspecified atom stereocenters. The van der Waals surface area contributed by atoms with Gasteiger partial charge in [-0.3, -0.25) is 4.90 Å². The molecule has 1 N–H and O–H groups in total. The van der Waals surface area contributed by atoms with Crippen LogP contribution in [0.25, 0.3) is 0 Å². The number of hydrogen-bond acceptors (Lipinski definition) is 2. The molecular formula is C21H27NO. The molecule has 23 heavy (non-hydrogen) atoms. The highest BCUT2D eigenvalue weighted by molar-refractivity contribution is 5.27. The van der Waals surface area contributed by atoms with Crippen LogP contribution in [0, 0.1) is 0 Å². The Bertz CT molecular complexity index is 607. The molecule has 2 nitrogen and oxygen atoms in total. The summed E-state index contributed by atoms with van der Waals surface area (Å²) in [4.78, 5) is 2.68. The third-order valence-electron chi connectivity index (χ3n) is 5.19. The highest BCUT2D eigenvalue weighted by Gasteiger charge is 2.33. The zero-order valence-electron chi connectivity index (χ0n) is 14.0. The summed E-state index contributed by atoms with van der Waals surface area (Å²) in [7, 11) is 0. The fraction of sp³-hybridized carbons (Fsp3) is 0.429. The molecule has 122 valence electrons. The topological polar surface area (TPSA) is 23.5 Å². The molecule has 1 fully saturated rings. The van der Waals surface area contributed by atoms with Crippen LogP contribution in [0.3, 0.4) is 0 Å². The number of piperidine rings is 1. The molecule has 1 aliphatic rings. The summed E-state index contributed by atoms with van der Waals surface area (Å²) >= 11 is 0. The van der Waals surface area contributed by atoms with E-state index in [2.05, 4.69) is 54.3 Å². The zero-order valence-corrected chi connectivity index (χ0v) is 14.0. The van der Waals surface area contributed by atoms with Crippen molar-refractivity contribution >= 4 is 0 Å². The summed E-state index contributed by atoms with van der Waals surface area (Å²) in [6, 6.07) is 18.5. The third kappa shape index (κ3) is 4.14. The molecule has 0 spiro atoms. The van der Waals surface area contributed by atoms with Gasteiger partial charge in [-0.25, -0.2) is 0 Å². The van der Waals surface area contributed by atoms with Crippen molar-refractivity contribution in [3.05, 3.63) is 65.7 Å². The van der Waals surface area contributed by atoms with Crippen molar-refractivity contribution in [3.63, 3.8) is 0 Å². The molecule has 2 aromatic carbocycles. The first kappa shape index (κ1) is 16.1. The van der Waals surface area contributed by atoms with E-state index in [1.54, 1.807) is 12.1 Å². The molecular weight excluding hydrogens is 282 g/mol. The Morgan fingerprint density at radius 3 is 2.43 bits per heavy atom. The average Bonchev–Trinajstić information content (AvgIpc) is 2.57. The monoisotopic (exact) mass is 309 g/mol. The third-order valence-corrected chi connectivity index (χ3v) is 5.19. The van der Waals surface area contributed by atoms with Crippen molar-refractivity contribution in [2.75, 3.05) is 13.1 Å². The van der Waals surface area contributed by atoms with E-state index >= 15 is 0 Å². The van der Waals surface area contributed by atoms with Gasteiger partial charge in [-0.1, -0.05) is 48.9 Å². The second-order valence-electron chi connectivity index (χ2n) is 7.02. The molecule has 1 atom stereocenters. The predicted octanol–water partition coefficient (Wildman–Crippen LogP) is 4.42. The lowest BCUT2D eigenvalue weighted by molar-refractivity contribution is 0.0626. The lowest BCUT2D eigenvalue weighted by atomic mass is 9.82. The molecule has 0 bridgehead atoms. The average molecular weight is 309 g/mol. The quantitative estimate of drug-likeness (QED) is 0.883. The van der Waals surface area contributed by atoms with E-state index in [9.17, 15) is 5.11 Å². The number of nitrogens with zero attached hydrogens (tertiary/aromatic N) is 1. The molecule has 3 rings (SSSR count). The number of rotatable bonds is 5. The smallest absolute Gasteiger partial charge is 0.115 e. The standard InChI is InChI=1S/C21H27NO/c1-21(17-19-9-11-20(23)12-10-19)14-5-6-15-22(21)16-13-18-7-3-2-4-8-18/h2-4,7-12,23H,5-6,13-17H2,1H3/t21-/m1/s1. The molecule has 2 aromatic rings. The van der Waals surface area contributed by atoms with E-state index in [0.717, 1.165) is 19.4 Å². The molecule has 2 heteroatoms. The normalized spacial score (nSPS) is 22.1. The second-order valence-corrected chi connectivity index (χ2v) is 7.02. The number of phenolic OH excluding ortho intramolecular Hbond substituents is 1. The number of likely N-dealkylation sites (tertiary alicyclic amines) is 1. The van der Waals surface area contributed by atoms with Crippen molar-refractivity contribution in [1.82, 2.24) is 4.90 Å². The van der Waals surface area contributed by atoms with E-state index in [1.165, 1.54) is 36.9 Å². The van der Waals surface area contributed by atoms with E-state index in [0.29, 0.717) is 5.75 Å². The fourth-order valence-electron chi connectivity index (χ4n) is 3.78. The summed E-state index contributed by atoms with van der Waals surface area (Å²) in [6.07, 6.45) is 6.05. The first-order chi connectivity index (χ1) is 11.2. The first-order valence-electron chi connectivity index (χ1n) is 8.73. The van der Waals surface area contributed by atoms with E-state index in [-0.39, 0.29) is 5.54 Å². The van der Waals surface area contributed by atoms with Gasteiger partial charge in [0.15, 0.2) is 0 Å². The lowest BCUT2D eigenvalue weighted by Gasteiger charge is -2.45. The van der Waals surface area contributed by atoms with Crippen molar-refractivity contribution in [3.8, 4) is 5.75 Å². The van der Waals surface area contributed by atoms with Gasteiger partial charge in [0, 0.05) is 12.1 Å². The lowest BCUT2D eigenvalue weighted by Crippen LogP contribution is -2.51. The minimum Gasteiger partial charge on any atom is -0.508 e. The first-order valence-corrected chi connectivity index (χ1v) is 8.73. The maximum Gasteiger partial charge on any atom is 0.115 e. The van der Waals surface area contributed by atoms with E-state index in [1.807, 2.05) is 0 Å². The Morgan fingerprint density at radius 2 is 1.70 bits per heavy atom. The molecule has 1 heterocycles. The minimum atomic E-state index is 0.226. The largest absolute Gasteiger partial charge is 0.508 e. The van der Waals surface area contributed by atoms with Crippen molar-refractivity contribution in [1.29, 1.82) is 0 Å². The van der Waals surface area contributed by atoms with Gasteiger partial charge in [0.05, 0.1) is 0 Å². The van der Waals surface area contributed by atoms with Crippen LogP contribution in [0.2, 0.25) is 0 Å². The number of benzene rings is 2. The van der Waals surface area contributed by atoms with Crippen LogP contribution < -0.4 is 0 Å². The molecule has 0 saturated carbocycles. The Kier molecular flexibility index (Phi) is 5.02. The number of hydrogen-bond donors (Lipinski definition) is 1. The van der Waals surface area contributed by atoms with Crippen LogP contribution in [0.15, 0.2) is 54.6 Å². The Morgan fingerprint density at radius 1 is 0.957 bits per heavy atom. The molecule has 1 saturated heterocycles. The summed E-state index contributed by atoms with van der Waals surface area (Å²) in [6.45, 7) is 4.73. The molecule has 1 aliphatic heterocycles. The van der Waals surface area contributed by atoms with Gasteiger partial charge in [0.25, 0.3) is 0 Å². The molecule has 0 radical (unpaired) electrons. The van der Waals surface area contributed by atoms with Crippen LogP contribution in [-0.2, 0) is 12.8 Å². The fourth-order valence-corrected chi connectivity index (χ4v) is 3.78. The maximum absolute atomic E-state index is 9.48. The number of phenols is 1. The Labute approximate surface area is 139 Å². The van der Waals surface area contributed by atoms with E-state index in [4.69, 9.17) is 0 Å². The maximum atomic E-state index is 9.48. The van der Waals surface area contributed by atoms with Gasteiger partial charge in [0.2, 0.25) is 0 Å². The van der Waals surface area contributed by atoms with Gasteiger partial charge in [0.1, 0.15) is 5.75 Å². The number of aromatic hydroxyl groups is 1. The van der Waals surface area contributed by atoms with E-state index < -0.39 is 0 Å². The van der Waals surface area contributed by atoms with Crippen LogP contribution >= 0.6 is 0 Å². The zero-order chi connectivity index (χ0) is 16.1. The summed E-state index contributed by atoms with van der Waals surface area (Å²) in [5, 5.41) is 9.48. The van der Waals surface area contributed by atoms with Crippen LogP contribution in [0.1, 0.15) is 37.3 Å². The summed E-state index contributed by atoms with van der Waals surface area (Å²) in [5.74, 6) is 0.350. The molecule has 0 aliphatic carbocycles. The summed E-state index contributed by atoms with van der Waals surface area (Å²) in [5.41, 5.74) is 2.96. The van der Waals surface area contributed by atoms with Gasteiger partial charge in [-0.05, 0) is 62.4 Å². The molecule has 0 amide bonds. The van der Waals surface area contributed by atoms with Crippen molar-refractivity contribution in [2.45, 2.75) is 44.6 Å². The Hall–Kier alpha value is -1.80.